The highest BCUT2D eigenvalue weighted by Gasteiger charge is 2.34. The van der Waals surface area contributed by atoms with Gasteiger partial charge in [0.1, 0.15) is 6.04 Å². The van der Waals surface area contributed by atoms with E-state index in [1.54, 1.807) is 0 Å². The van der Waals surface area contributed by atoms with E-state index in [-0.39, 0.29) is 6.03 Å². The lowest BCUT2D eigenvalue weighted by Crippen LogP contribution is -2.46. The number of aliphatic carboxylic acids is 1. The summed E-state index contributed by atoms with van der Waals surface area (Å²) in [7, 11) is 0. The molecule has 0 bridgehead atoms. The molecule has 1 aromatic rings. The molecule has 5 nitrogen and oxygen atoms in total. The number of nitrogens with one attached hydrogen (secondary N) is 1. The van der Waals surface area contributed by atoms with Crippen molar-refractivity contribution >= 4 is 23.8 Å². The van der Waals surface area contributed by atoms with Crippen LogP contribution in [0.5, 0.6) is 0 Å². The Morgan fingerprint density at radius 3 is 2.89 bits per heavy atom. The van der Waals surface area contributed by atoms with Gasteiger partial charge in [0.15, 0.2) is 0 Å². The molecule has 2 N–H and O–H groups in total. The molecule has 0 radical (unpaired) electrons. The number of carboxylic acid groups (broad SMARTS) is 1. The number of nitrogens with zero attached hydrogens (tertiary/aromatic N) is 1. The van der Waals surface area contributed by atoms with Crippen LogP contribution in [0.1, 0.15) is 11.1 Å². The Bertz CT molecular complexity index is 493. The monoisotopic (exact) mass is 280 g/mol. The van der Waals surface area contributed by atoms with Crippen LogP contribution in [0.2, 0.25) is 0 Å². The van der Waals surface area contributed by atoms with Crippen molar-refractivity contribution in [3.8, 4) is 0 Å². The van der Waals surface area contributed by atoms with Gasteiger partial charge in [0.2, 0.25) is 0 Å². The summed E-state index contributed by atoms with van der Waals surface area (Å²) in [5.41, 5.74) is 2.14. The summed E-state index contributed by atoms with van der Waals surface area (Å²) in [6.45, 7) is 2.40. The highest BCUT2D eigenvalue weighted by atomic mass is 32.2. The zero-order valence-corrected chi connectivity index (χ0v) is 11.4. The van der Waals surface area contributed by atoms with Gasteiger partial charge in [-0.1, -0.05) is 24.3 Å². The molecule has 2 rings (SSSR count). The quantitative estimate of drug-likeness (QED) is 0.883. The van der Waals surface area contributed by atoms with E-state index in [1.165, 1.54) is 16.7 Å². The Labute approximate surface area is 116 Å². The van der Waals surface area contributed by atoms with Crippen LogP contribution in [0.3, 0.4) is 0 Å². The van der Waals surface area contributed by atoms with Gasteiger partial charge in [0, 0.05) is 12.3 Å². The molecule has 0 aromatic heterocycles. The highest BCUT2D eigenvalue weighted by molar-refractivity contribution is 7.99. The van der Waals surface area contributed by atoms with Gasteiger partial charge in [-0.3, -0.25) is 0 Å². The highest BCUT2D eigenvalue weighted by Crippen LogP contribution is 2.21. The molecule has 1 aliphatic rings. The van der Waals surface area contributed by atoms with E-state index < -0.39 is 12.0 Å². The number of amides is 2. The van der Waals surface area contributed by atoms with Crippen molar-refractivity contribution in [2.24, 2.45) is 0 Å². The third kappa shape index (κ3) is 3.20. The normalized spacial score (nSPS) is 18.4. The van der Waals surface area contributed by atoms with Gasteiger partial charge in [-0.15, -0.1) is 11.8 Å². The average Bonchev–Trinajstić information content (AvgIpc) is 2.87. The first-order valence-corrected chi connectivity index (χ1v) is 7.14. The summed E-state index contributed by atoms with van der Waals surface area (Å²) in [5.74, 6) is -0.0694. The van der Waals surface area contributed by atoms with Gasteiger partial charge in [0.25, 0.3) is 0 Å². The molecular weight excluding hydrogens is 264 g/mol. The maximum absolute atomic E-state index is 12.0. The first-order valence-electron chi connectivity index (χ1n) is 5.99. The van der Waals surface area contributed by atoms with Crippen molar-refractivity contribution in [3.63, 3.8) is 0 Å². The van der Waals surface area contributed by atoms with Gasteiger partial charge < -0.3 is 15.3 Å². The van der Waals surface area contributed by atoms with Crippen LogP contribution in [-0.2, 0) is 11.3 Å². The SMILES string of the molecule is Cc1ccccc1CNC(=O)N1CSC[C@H]1C(=O)O. The Kier molecular flexibility index (Phi) is 4.31. The van der Waals surface area contributed by atoms with Gasteiger partial charge in [-0.2, -0.15) is 0 Å². The number of carbonyl (C=O) groups excluding carboxylic acids is 1. The molecule has 1 fully saturated rings. The predicted octanol–water partition coefficient (Wildman–Crippen LogP) is 1.66. The van der Waals surface area contributed by atoms with Crippen LogP contribution in [0.15, 0.2) is 24.3 Å². The number of hydrogen-bond donors (Lipinski definition) is 2. The minimum atomic E-state index is -0.948. The summed E-state index contributed by atoms with van der Waals surface area (Å²) in [6, 6.07) is 6.75. The fourth-order valence-electron chi connectivity index (χ4n) is 1.93. The zero-order chi connectivity index (χ0) is 13.8. The summed E-state index contributed by atoms with van der Waals surface area (Å²) < 4.78 is 0. The van der Waals surface area contributed by atoms with Gasteiger partial charge >= 0.3 is 12.0 Å². The number of carbonyl (C=O) groups is 2. The second-order valence-electron chi connectivity index (χ2n) is 4.41. The minimum Gasteiger partial charge on any atom is -0.480 e. The fourth-order valence-corrected chi connectivity index (χ4v) is 3.07. The second-order valence-corrected chi connectivity index (χ2v) is 5.41. The number of urea groups is 1. The summed E-state index contributed by atoms with van der Waals surface area (Å²) in [5, 5.41) is 11.8. The maximum Gasteiger partial charge on any atom is 0.327 e. The number of rotatable bonds is 3. The molecular formula is C13H16N2O3S. The first-order chi connectivity index (χ1) is 9.09. The second kappa shape index (κ2) is 5.97. The van der Waals surface area contributed by atoms with E-state index in [1.807, 2.05) is 31.2 Å². The van der Waals surface area contributed by atoms with Crippen molar-refractivity contribution in [2.45, 2.75) is 19.5 Å². The standard InChI is InChI=1S/C13H16N2O3S/c1-9-4-2-3-5-10(9)6-14-13(18)15-8-19-7-11(15)12(16)17/h2-5,11H,6-8H2,1H3,(H,14,18)(H,16,17)/t11-/m0/s1. The number of hydrogen-bond acceptors (Lipinski definition) is 3. The molecule has 1 aromatic carbocycles. The van der Waals surface area contributed by atoms with Crippen LogP contribution in [0, 0.1) is 6.92 Å². The van der Waals surface area contributed by atoms with Crippen LogP contribution in [0.25, 0.3) is 0 Å². The molecule has 0 spiro atoms. The lowest BCUT2D eigenvalue weighted by atomic mass is 10.1. The third-order valence-corrected chi connectivity index (χ3v) is 4.13. The molecule has 6 heteroatoms. The number of carboxylic acids is 1. The fraction of sp³-hybridized carbons (Fsp3) is 0.385. The smallest absolute Gasteiger partial charge is 0.327 e. The Balaban J connectivity index is 1.95. The molecule has 1 saturated heterocycles. The zero-order valence-electron chi connectivity index (χ0n) is 10.6. The van der Waals surface area contributed by atoms with E-state index in [0.29, 0.717) is 18.2 Å². The Hall–Kier alpha value is -1.69. The van der Waals surface area contributed by atoms with Crippen LogP contribution in [-0.4, -0.2) is 39.7 Å². The first kappa shape index (κ1) is 13.7. The van der Waals surface area contributed by atoms with Crippen LogP contribution in [0.4, 0.5) is 4.79 Å². The minimum absolute atomic E-state index is 0.319. The molecule has 2 amide bonds. The number of aryl methyl sites for hydroxylation is 1. The van der Waals surface area contributed by atoms with E-state index in [4.69, 9.17) is 5.11 Å². The van der Waals surface area contributed by atoms with Crippen molar-refractivity contribution in [2.75, 3.05) is 11.6 Å². The van der Waals surface area contributed by atoms with Crippen molar-refractivity contribution in [1.29, 1.82) is 0 Å². The molecule has 0 saturated carbocycles. The molecule has 19 heavy (non-hydrogen) atoms. The molecule has 1 heterocycles. The van der Waals surface area contributed by atoms with E-state index >= 15 is 0 Å². The molecule has 0 unspecified atom stereocenters. The maximum atomic E-state index is 12.0. The Morgan fingerprint density at radius 2 is 2.21 bits per heavy atom. The topological polar surface area (TPSA) is 69.6 Å². The molecule has 1 atom stereocenters. The van der Waals surface area contributed by atoms with E-state index in [2.05, 4.69) is 5.32 Å². The van der Waals surface area contributed by atoms with Gasteiger partial charge in [-0.25, -0.2) is 9.59 Å². The van der Waals surface area contributed by atoms with Crippen molar-refractivity contribution < 1.29 is 14.7 Å². The van der Waals surface area contributed by atoms with E-state index in [9.17, 15) is 9.59 Å². The van der Waals surface area contributed by atoms with E-state index in [0.717, 1.165) is 11.1 Å². The summed E-state index contributed by atoms with van der Waals surface area (Å²) in [4.78, 5) is 24.4. The van der Waals surface area contributed by atoms with Crippen LogP contribution >= 0.6 is 11.8 Å². The molecule has 0 aliphatic carbocycles. The lowest BCUT2D eigenvalue weighted by molar-refractivity contribution is -0.140. The lowest BCUT2D eigenvalue weighted by Gasteiger charge is -2.21. The number of benzene rings is 1. The third-order valence-electron chi connectivity index (χ3n) is 3.12. The largest absolute Gasteiger partial charge is 0.480 e. The number of thioether (sulfide) groups is 1. The van der Waals surface area contributed by atoms with Crippen molar-refractivity contribution in [3.05, 3.63) is 35.4 Å². The predicted molar refractivity (Wildman–Crippen MR) is 74.0 cm³/mol. The summed E-state index contributed by atoms with van der Waals surface area (Å²) in [6.07, 6.45) is 0. The van der Waals surface area contributed by atoms with Gasteiger partial charge in [0.05, 0.1) is 5.88 Å². The summed E-state index contributed by atoms with van der Waals surface area (Å²) >= 11 is 1.46. The van der Waals surface area contributed by atoms with Gasteiger partial charge in [-0.05, 0) is 18.1 Å². The van der Waals surface area contributed by atoms with Crippen molar-refractivity contribution in [1.82, 2.24) is 10.2 Å². The molecule has 102 valence electrons. The Morgan fingerprint density at radius 1 is 1.47 bits per heavy atom. The molecule has 1 aliphatic heterocycles. The average molecular weight is 280 g/mol. The van der Waals surface area contributed by atoms with Crippen LogP contribution < -0.4 is 5.32 Å².